The van der Waals surface area contributed by atoms with Gasteiger partial charge in [-0.15, -0.1) is 0 Å². The Hall–Kier alpha value is -2.84. The van der Waals surface area contributed by atoms with Gasteiger partial charge in [-0.2, -0.15) is 4.31 Å². The fraction of sp³-hybridized carbons (Fsp3) is 0.136. The van der Waals surface area contributed by atoms with Crippen LogP contribution in [0.4, 0.5) is 5.69 Å². The van der Waals surface area contributed by atoms with Gasteiger partial charge >= 0.3 is 0 Å². The first-order valence-corrected chi connectivity index (χ1v) is 11.2. The van der Waals surface area contributed by atoms with Crippen LogP contribution in [-0.4, -0.2) is 28.0 Å². The second kappa shape index (κ2) is 9.32. The van der Waals surface area contributed by atoms with Crippen LogP contribution < -0.4 is 13.8 Å². The normalized spacial score (nSPS) is 11.0. The van der Waals surface area contributed by atoms with Crippen molar-refractivity contribution in [2.75, 3.05) is 18.0 Å². The molecule has 6 nitrogen and oxygen atoms in total. The van der Waals surface area contributed by atoms with Crippen molar-refractivity contribution in [3.8, 4) is 11.5 Å². The molecule has 0 radical (unpaired) electrons. The van der Waals surface area contributed by atoms with E-state index in [1.807, 2.05) is 19.1 Å². The van der Waals surface area contributed by atoms with E-state index in [1.165, 1.54) is 31.4 Å². The molecule has 3 aromatic carbocycles. The number of carbonyl (C=O) groups excluding carboxylic acids is 1. The molecule has 8 heteroatoms. The summed E-state index contributed by atoms with van der Waals surface area (Å²) in [4.78, 5) is 13.1. The summed E-state index contributed by atoms with van der Waals surface area (Å²) in [5.74, 6) is 0.264. The number of rotatable bonds is 7. The van der Waals surface area contributed by atoms with Crippen molar-refractivity contribution < 1.29 is 22.7 Å². The Morgan fingerprint density at radius 3 is 2.27 bits per heavy atom. The molecule has 0 bridgehead atoms. The van der Waals surface area contributed by atoms with Crippen molar-refractivity contribution in [1.29, 1.82) is 0 Å². The average Bonchev–Trinajstić information content (AvgIpc) is 2.74. The zero-order valence-electron chi connectivity index (χ0n) is 16.4. The smallest absolute Gasteiger partial charge is 0.278 e. The molecule has 30 heavy (non-hydrogen) atoms. The van der Waals surface area contributed by atoms with E-state index in [2.05, 4.69) is 15.9 Å². The lowest BCUT2D eigenvalue weighted by atomic mass is 10.2. The third-order valence-corrected chi connectivity index (χ3v) is 6.64. The predicted octanol–water partition coefficient (Wildman–Crippen LogP) is 4.57. The number of methoxy groups -OCH3 is 1. The number of ether oxygens (including phenoxy) is 2. The Kier molecular flexibility index (Phi) is 6.79. The number of nitrogens with zero attached hydrogens (tertiary/aromatic N) is 1. The van der Waals surface area contributed by atoms with E-state index in [0.29, 0.717) is 16.0 Å². The van der Waals surface area contributed by atoms with E-state index >= 15 is 0 Å². The van der Waals surface area contributed by atoms with Crippen molar-refractivity contribution >= 4 is 37.5 Å². The van der Waals surface area contributed by atoms with Crippen LogP contribution in [-0.2, 0) is 14.8 Å². The molecule has 0 atom stereocenters. The highest BCUT2D eigenvalue weighted by Crippen LogP contribution is 2.28. The Balaban J connectivity index is 1.94. The van der Waals surface area contributed by atoms with Gasteiger partial charge in [0.1, 0.15) is 11.5 Å². The molecular formula is C22H20BrNO5S. The SMILES string of the molecule is COc1ccc(N(C(=O)COc2ccc(C)cc2Br)S(=O)(=O)c2ccccc2)cc1. The number of hydrogen-bond donors (Lipinski definition) is 0. The summed E-state index contributed by atoms with van der Waals surface area (Å²) in [6.45, 7) is 1.47. The van der Waals surface area contributed by atoms with Crippen LogP contribution in [0.5, 0.6) is 11.5 Å². The van der Waals surface area contributed by atoms with Gasteiger partial charge in [0.15, 0.2) is 6.61 Å². The van der Waals surface area contributed by atoms with Gasteiger partial charge in [0, 0.05) is 0 Å². The van der Waals surface area contributed by atoms with Crippen molar-refractivity contribution in [3.63, 3.8) is 0 Å². The minimum Gasteiger partial charge on any atom is -0.497 e. The van der Waals surface area contributed by atoms with E-state index in [4.69, 9.17) is 9.47 Å². The fourth-order valence-electron chi connectivity index (χ4n) is 2.75. The summed E-state index contributed by atoms with van der Waals surface area (Å²) in [5, 5.41) is 0. The third-order valence-electron chi connectivity index (χ3n) is 4.25. The van der Waals surface area contributed by atoms with E-state index in [0.717, 1.165) is 9.87 Å². The Morgan fingerprint density at radius 1 is 1.00 bits per heavy atom. The minimum absolute atomic E-state index is 0.00526. The van der Waals surface area contributed by atoms with Crippen molar-refractivity contribution in [2.45, 2.75) is 11.8 Å². The molecule has 0 aliphatic carbocycles. The van der Waals surface area contributed by atoms with Crippen LogP contribution in [0, 0.1) is 6.92 Å². The van der Waals surface area contributed by atoms with Gasteiger partial charge in [-0.1, -0.05) is 24.3 Å². The molecule has 0 spiro atoms. The second-order valence-electron chi connectivity index (χ2n) is 6.40. The number of benzene rings is 3. The summed E-state index contributed by atoms with van der Waals surface area (Å²) < 4.78 is 38.7. The molecule has 3 aromatic rings. The van der Waals surface area contributed by atoms with E-state index in [-0.39, 0.29) is 10.6 Å². The van der Waals surface area contributed by atoms with Crippen LogP contribution in [0.1, 0.15) is 5.56 Å². The molecule has 0 saturated carbocycles. The number of sulfonamides is 1. The molecule has 0 aliphatic heterocycles. The molecule has 1 amide bonds. The average molecular weight is 490 g/mol. The first-order chi connectivity index (χ1) is 14.3. The van der Waals surface area contributed by atoms with Crippen LogP contribution in [0.3, 0.4) is 0 Å². The van der Waals surface area contributed by atoms with Crippen molar-refractivity contribution in [1.82, 2.24) is 0 Å². The maximum atomic E-state index is 13.3. The largest absolute Gasteiger partial charge is 0.497 e. The van der Waals surface area contributed by atoms with Gasteiger partial charge in [-0.3, -0.25) is 4.79 Å². The standard InChI is InChI=1S/C22H20BrNO5S/c1-16-8-13-21(20(23)14-16)29-15-22(25)24(17-9-11-18(28-2)12-10-17)30(26,27)19-6-4-3-5-7-19/h3-14H,15H2,1-2H3. The monoisotopic (exact) mass is 489 g/mol. The number of halogens is 1. The Labute approximate surface area is 184 Å². The zero-order valence-corrected chi connectivity index (χ0v) is 18.8. The highest BCUT2D eigenvalue weighted by atomic mass is 79.9. The first-order valence-electron chi connectivity index (χ1n) is 8.99. The van der Waals surface area contributed by atoms with Crippen molar-refractivity contribution in [3.05, 3.63) is 82.8 Å². The lowest BCUT2D eigenvalue weighted by Crippen LogP contribution is -2.40. The molecule has 0 unspecified atom stereocenters. The van der Waals surface area contributed by atoms with E-state index in [1.54, 1.807) is 36.4 Å². The minimum atomic E-state index is -4.14. The van der Waals surface area contributed by atoms with Crippen LogP contribution in [0.25, 0.3) is 0 Å². The molecule has 0 saturated heterocycles. The van der Waals surface area contributed by atoms with Gasteiger partial charge in [-0.25, -0.2) is 8.42 Å². The lowest BCUT2D eigenvalue weighted by Gasteiger charge is -2.23. The quantitative estimate of drug-likeness (QED) is 0.486. The Morgan fingerprint density at radius 2 is 1.67 bits per heavy atom. The topological polar surface area (TPSA) is 72.9 Å². The highest BCUT2D eigenvalue weighted by Gasteiger charge is 2.31. The van der Waals surface area contributed by atoms with Crippen molar-refractivity contribution in [2.24, 2.45) is 0 Å². The van der Waals surface area contributed by atoms with Gasteiger partial charge in [0.25, 0.3) is 15.9 Å². The lowest BCUT2D eigenvalue weighted by molar-refractivity contribution is -0.119. The molecular weight excluding hydrogens is 470 g/mol. The summed E-state index contributed by atoms with van der Waals surface area (Å²) >= 11 is 3.39. The van der Waals surface area contributed by atoms with Crippen LogP contribution in [0.15, 0.2) is 82.2 Å². The molecule has 3 rings (SSSR count). The number of hydrogen-bond acceptors (Lipinski definition) is 5. The number of anilines is 1. The van der Waals surface area contributed by atoms with Crippen LogP contribution >= 0.6 is 15.9 Å². The number of amides is 1. The van der Waals surface area contributed by atoms with Gasteiger partial charge in [-0.05, 0) is 76.9 Å². The fourth-order valence-corrected chi connectivity index (χ4v) is 4.79. The molecule has 0 aromatic heterocycles. The summed E-state index contributed by atoms with van der Waals surface area (Å²) in [7, 11) is -2.64. The van der Waals surface area contributed by atoms with Crippen LogP contribution in [0.2, 0.25) is 0 Å². The summed E-state index contributed by atoms with van der Waals surface area (Å²) in [5.41, 5.74) is 1.21. The highest BCUT2D eigenvalue weighted by molar-refractivity contribution is 9.10. The number of aryl methyl sites for hydroxylation is 1. The van der Waals surface area contributed by atoms with Gasteiger partial charge in [0.05, 0.1) is 22.2 Å². The molecule has 0 heterocycles. The maximum Gasteiger partial charge on any atom is 0.278 e. The second-order valence-corrected chi connectivity index (χ2v) is 9.04. The molecule has 0 aliphatic rings. The Bertz CT molecular complexity index is 1130. The first kappa shape index (κ1) is 21.9. The third kappa shape index (κ3) is 4.83. The molecule has 0 fully saturated rings. The van der Waals surface area contributed by atoms with E-state index in [9.17, 15) is 13.2 Å². The predicted molar refractivity (Wildman–Crippen MR) is 118 cm³/mol. The molecule has 156 valence electrons. The maximum absolute atomic E-state index is 13.3. The summed E-state index contributed by atoms with van der Waals surface area (Å²) in [6.07, 6.45) is 0. The van der Waals surface area contributed by atoms with Gasteiger partial charge in [0.2, 0.25) is 0 Å². The van der Waals surface area contributed by atoms with Gasteiger partial charge < -0.3 is 9.47 Å². The number of carbonyl (C=O) groups is 1. The van der Waals surface area contributed by atoms with E-state index < -0.39 is 22.5 Å². The summed E-state index contributed by atoms with van der Waals surface area (Å²) in [6, 6.07) is 19.4. The zero-order chi connectivity index (χ0) is 21.7. The molecule has 0 N–H and O–H groups in total.